The summed E-state index contributed by atoms with van der Waals surface area (Å²) < 4.78 is 107. The smallest absolute Gasteiger partial charge is 0.223 e. The molecular weight excluding hydrogens is 325 g/mol. The van der Waals surface area contributed by atoms with Crippen LogP contribution in [0.4, 0.5) is 30.7 Å². The van der Waals surface area contributed by atoms with E-state index in [4.69, 9.17) is 0 Å². The van der Waals surface area contributed by atoms with Gasteiger partial charge in [0.25, 0.3) is 0 Å². The highest BCUT2D eigenvalue weighted by atomic mass is 32.2. The van der Waals surface area contributed by atoms with Crippen molar-refractivity contribution in [2.75, 3.05) is 0 Å². The van der Waals surface area contributed by atoms with Crippen molar-refractivity contribution in [1.82, 2.24) is 0 Å². The highest BCUT2D eigenvalue weighted by molar-refractivity contribution is 7.90. The molecule has 0 saturated carbocycles. The fourth-order valence-electron chi connectivity index (χ4n) is 1.05. The Morgan fingerprint density at radius 3 is 2.11 bits per heavy atom. The summed E-state index contributed by atoms with van der Waals surface area (Å²) in [5, 5.41) is 0.676. The van der Waals surface area contributed by atoms with Crippen LogP contribution in [0.25, 0.3) is 0 Å². The second kappa shape index (κ2) is 4.93. The lowest BCUT2D eigenvalue weighted by Crippen LogP contribution is -2.32. The van der Waals surface area contributed by atoms with Gasteiger partial charge in [0.1, 0.15) is 0 Å². The van der Waals surface area contributed by atoms with Crippen molar-refractivity contribution < 1.29 is 39.2 Å². The Hall–Kier alpha value is -0.840. The van der Waals surface area contributed by atoms with E-state index in [1.807, 2.05) is 0 Å². The van der Waals surface area contributed by atoms with Gasteiger partial charge in [0.2, 0.25) is 9.84 Å². The van der Waals surface area contributed by atoms with Gasteiger partial charge in [-0.1, -0.05) is 0 Å². The highest BCUT2D eigenvalue weighted by Crippen LogP contribution is 2.46. The quantitative estimate of drug-likeness (QED) is 0.792. The Kier molecular flexibility index (Phi) is 4.20. The van der Waals surface area contributed by atoms with Crippen molar-refractivity contribution in [1.29, 1.82) is 0 Å². The first kappa shape index (κ1) is 16.2. The summed E-state index contributed by atoms with van der Waals surface area (Å²) in [6.07, 6.45) is -5.84. The Balaban J connectivity index is 3.03. The number of thiophene rings is 1. The van der Waals surface area contributed by atoms with Gasteiger partial charge in [-0.05, 0) is 17.0 Å². The third-order valence-electron chi connectivity index (χ3n) is 1.96. The van der Waals surface area contributed by atoms with Crippen LogP contribution in [0.2, 0.25) is 0 Å². The fourth-order valence-corrected chi connectivity index (χ4v) is 2.83. The Bertz CT molecular complexity index is 544. The van der Waals surface area contributed by atoms with Crippen molar-refractivity contribution in [3.8, 4) is 0 Å². The molecule has 0 radical (unpaired) electrons. The monoisotopic (exact) mass is 330 g/mol. The van der Waals surface area contributed by atoms with Gasteiger partial charge in [0, 0.05) is 0 Å². The molecule has 0 aliphatic heterocycles. The molecular formula is C8H5F7O2S2. The molecule has 11 heteroatoms. The van der Waals surface area contributed by atoms with E-state index in [1.54, 1.807) is 0 Å². The lowest BCUT2D eigenvalue weighted by molar-refractivity contribution is -0.287. The summed E-state index contributed by atoms with van der Waals surface area (Å²) >= 11 is -0.0436. The summed E-state index contributed by atoms with van der Waals surface area (Å²) in [7, 11) is -4.87. The first-order chi connectivity index (χ1) is 8.38. The van der Waals surface area contributed by atoms with Crippen LogP contribution < -0.4 is 0 Å². The molecule has 0 spiro atoms. The molecule has 110 valence electrons. The molecule has 19 heavy (non-hydrogen) atoms. The maximum absolute atomic E-state index is 12.9. The van der Waals surface area contributed by atoms with Crippen molar-refractivity contribution in [2.24, 2.45) is 0 Å². The number of hydrogen-bond acceptors (Lipinski definition) is 3. The van der Waals surface area contributed by atoms with Crippen LogP contribution in [-0.4, -0.2) is 20.4 Å². The summed E-state index contributed by atoms with van der Waals surface area (Å²) in [6.45, 7) is 0. The molecule has 1 heterocycles. The molecule has 0 atom stereocenters. The van der Waals surface area contributed by atoms with Crippen LogP contribution in [0.3, 0.4) is 0 Å². The molecule has 0 unspecified atom stereocenters. The van der Waals surface area contributed by atoms with Crippen molar-refractivity contribution in [3.63, 3.8) is 0 Å². The van der Waals surface area contributed by atoms with E-state index in [-0.39, 0.29) is 17.4 Å². The lowest BCUT2D eigenvalue weighted by Gasteiger charge is -2.17. The van der Waals surface area contributed by atoms with Crippen LogP contribution in [0.15, 0.2) is 11.4 Å². The largest absolute Gasteiger partial charge is 0.458 e. The van der Waals surface area contributed by atoms with E-state index >= 15 is 0 Å². The van der Waals surface area contributed by atoms with Crippen molar-refractivity contribution >= 4 is 21.2 Å². The van der Waals surface area contributed by atoms with Crippen LogP contribution in [-0.2, 0) is 21.5 Å². The van der Waals surface area contributed by atoms with E-state index in [0.717, 1.165) is 0 Å². The van der Waals surface area contributed by atoms with Gasteiger partial charge in [-0.2, -0.15) is 30.7 Å². The zero-order valence-corrected chi connectivity index (χ0v) is 10.4. The van der Waals surface area contributed by atoms with Gasteiger partial charge < -0.3 is 0 Å². The van der Waals surface area contributed by atoms with Gasteiger partial charge in [-0.3, -0.25) is 0 Å². The summed E-state index contributed by atoms with van der Waals surface area (Å²) in [5.41, 5.74) is -0.538. The number of rotatable bonds is 4. The van der Waals surface area contributed by atoms with Gasteiger partial charge >= 0.3 is 17.9 Å². The average molecular weight is 330 g/mol. The average Bonchev–Trinajstić information content (AvgIpc) is 2.63. The van der Waals surface area contributed by atoms with E-state index in [9.17, 15) is 39.2 Å². The SMILES string of the molecule is O=S(=O)(Cc1csc(C(F)(F)C(F)(F)F)c1)C(F)F. The second-order valence-electron chi connectivity index (χ2n) is 3.46. The van der Waals surface area contributed by atoms with Crippen LogP contribution in [0.1, 0.15) is 10.4 Å². The van der Waals surface area contributed by atoms with Gasteiger partial charge in [-0.15, -0.1) is 11.3 Å². The molecule has 0 saturated heterocycles. The summed E-state index contributed by atoms with van der Waals surface area (Å²) in [6, 6.07) is 0.262. The molecule has 0 bridgehead atoms. The normalized spacial score (nSPS) is 14.1. The molecule has 0 amide bonds. The topological polar surface area (TPSA) is 34.1 Å². The lowest BCUT2D eigenvalue weighted by atomic mass is 10.2. The Morgan fingerprint density at radius 1 is 1.16 bits per heavy atom. The molecule has 2 nitrogen and oxygen atoms in total. The van der Waals surface area contributed by atoms with Crippen LogP contribution in [0, 0.1) is 0 Å². The zero-order valence-electron chi connectivity index (χ0n) is 8.72. The first-order valence-electron chi connectivity index (χ1n) is 4.40. The minimum atomic E-state index is -5.84. The predicted molar refractivity (Wildman–Crippen MR) is 52.9 cm³/mol. The molecule has 0 N–H and O–H groups in total. The third-order valence-corrected chi connectivity index (χ3v) is 4.29. The minimum absolute atomic E-state index is 0.0436. The Labute approximate surface area is 106 Å². The molecule has 1 aromatic heterocycles. The maximum Gasteiger partial charge on any atom is 0.458 e. The third kappa shape index (κ3) is 3.38. The molecule has 1 aromatic rings. The second-order valence-corrected chi connectivity index (χ2v) is 6.34. The van der Waals surface area contributed by atoms with Gasteiger partial charge in [-0.25, -0.2) is 8.42 Å². The first-order valence-corrected chi connectivity index (χ1v) is 6.99. The van der Waals surface area contributed by atoms with E-state index < -0.39 is 43.9 Å². The number of sulfone groups is 1. The van der Waals surface area contributed by atoms with E-state index in [2.05, 4.69) is 0 Å². The molecule has 0 aliphatic rings. The molecule has 0 aromatic carbocycles. The standard InChI is InChI=1S/C8H5F7O2S2/c9-6(10)19(16,17)3-4-1-5(18-2-4)7(11,12)8(13,14)15/h1-2,6H,3H2. The van der Waals surface area contributed by atoms with E-state index in [1.165, 1.54) is 0 Å². The van der Waals surface area contributed by atoms with Crippen molar-refractivity contribution in [2.45, 2.75) is 23.6 Å². The molecule has 0 fully saturated rings. The molecule has 0 aliphatic carbocycles. The maximum atomic E-state index is 12.9. The van der Waals surface area contributed by atoms with Crippen LogP contribution in [0.5, 0.6) is 0 Å². The van der Waals surface area contributed by atoms with Crippen molar-refractivity contribution in [3.05, 3.63) is 21.9 Å². The number of halogens is 7. The van der Waals surface area contributed by atoms with Gasteiger partial charge in [0.15, 0.2) is 0 Å². The van der Waals surface area contributed by atoms with E-state index in [0.29, 0.717) is 5.38 Å². The number of alkyl halides is 7. The molecule has 1 rings (SSSR count). The Morgan fingerprint density at radius 2 is 1.68 bits per heavy atom. The summed E-state index contributed by atoms with van der Waals surface area (Å²) in [5.74, 6) is -10.2. The van der Waals surface area contributed by atoms with Crippen LogP contribution >= 0.6 is 11.3 Å². The minimum Gasteiger partial charge on any atom is -0.223 e. The number of hydrogen-bond donors (Lipinski definition) is 0. The fraction of sp³-hybridized carbons (Fsp3) is 0.500. The highest BCUT2D eigenvalue weighted by Gasteiger charge is 2.59. The zero-order chi connectivity index (χ0) is 15.1. The van der Waals surface area contributed by atoms with Gasteiger partial charge in [0.05, 0.1) is 10.6 Å². The summed E-state index contributed by atoms with van der Waals surface area (Å²) in [4.78, 5) is -1.44. The predicted octanol–water partition coefficient (Wildman–Crippen LogP) is 3.54.